The molecule has 1 aliphatic carbocycles. The zero-order valence-electron chi connectivity index (χ0n) is 8.69. The average Bonchev–Trinajstić information content (AvgIpc) is 2.84. The van der Waals surface area contributed by atoms with E-state index in [0.29, 0.717) is 6.42 Å². The topological polar surface area (TPSA) is 38.0 Å². The van der Waals surface area contributed by atoms with E-state index in [9.17, 15) is 5.11 Å². The summed E-state index contributed by atoms with van der Waals surface area (Å²) >= 11 is 0. The lowest BCUT2D eigenvalue weighted by Gasteiger charge is -2.10. The third-order valence-electron chi connectivity index (χ3n) is 2.86. The number of rotatable bonds is 5. The summed E-state index contributed by atoms with van der Waals surface area (Å²) in [6.07, 6.45) is 7.85. The predicted molar refractivity (Wildman–Crippen MR) is 55.0 cm³/mol. The second-order valence-corrected chi connectivity index (χ2v) is 4.17. The van der Waals surface area contributed by atoms with Crippen molar-refractivity contribution < 1.29 is 5.11 Å². The Morgan fingerprint density at radius 2 is 2.43 bits per heavy atom. The minimum atomic E-state index is -0.199. The molecule has 1 heterocycles. The van der Waals surface area contributed by atoms with Gasteiger partial charge in [0.1, 0.15) is 5.82 Å². The fourth-order valence-corrected chi connectivity index (χ4v) is 1.85. The molecule has 1 N–H and O–H groups in total. The zero-order chi connectivity index (χ0) is 9.97. The smallest absolute Gasteiger partial charge is 0.111 e. The van der Waals surface area contributed by atoms with Crippen molar-refractivity contribution in [1.29, 1.82) is 0 Å². The molecule has 0 radical (unpaired) electrons. The molecule has 0 bridgehead atoms. The van der Waals surface area contributed by atoms with Gasteiger partial charge in [0.25, 0.3) is 0 Å². The third kappa shape index (κ3) is 2.35. The lowest BCUT2D eigenvalue weighted by atomic mass is 10.1. The second kappa shape index (κ2) is 4.13. The highest BCUT2D eigenvalue weighted by Gasteiger charge is 2.25. The summed E-state index contributed by atoms with van der Waals surface area (Å²) in [5.41, 5.74) is 0. The Morgan fingerprint density at radius 1 is 1.64 bits per heavy atom. The molecule has 78 valence electrons. The van der Waals surface area contributed by atoms with E-state index in [1.54, 1.807) is 0 Å². The fraction of sp³-hybridized carbons (Fsp3) is 0.727. The minimum absolute atomic E-state index is 0.199. The van der Waals surface area contributed by atoms with Gasteiger partial charge in [0, 0.05) is 25.4 Å². The summed E-state index contributed by atoms with van der Waals surface area (Å²) in [4.78, 5) is 4.26. The van der Waals surface area contributed by atoms with E-state index in [4.69, 9.17) is 0 Å². The van der Waals surface area contributed by atoms with Crippen LogP contribution in [0.1, 0.15) is 32.0 Å². The van der Waals surface area contributed by atoms with Crippen molar-refractivity contribution in [3.63, 3.8) is 0 Å². The zero-order valence-corrected chi connectivity index (χ0v) is 8.69. The second-order valence-electron chi connectivity index (χ2n) is 4.17. The molecule has 3 nitrogen and oxygen atoms in total. The van der Waals surface area contributed by atoms with Crippen molar-refractivity contribution in [2.75, 3.05) is 0 Å². The van der Waals surface area contributed by atoms with Crippen LogP contribution in [0, 0.1) is 5.92 Å². The number of hydrogen-bond acceptors (Lipinski definition) is 2. The lowest BCUT2D eigenvalue weighted by molar-refractivity contribution is 0.154. The standard InChI is InChI=1S/C11H18N2O/c1-2-13-6-5-12-11(13)8-10(14)7-9-3-4-9/h5-6,9-10,14H,2-4,7-8H2,1H3. The van der Waals surface area contributed by atoms with Crippen LogP contribution >= 0.6 is 0 Å². The molecule has 0 amide bonds. The molecule has 1 atom stereocenters. The molecule has 1 fully saturated rings. The van der Waals surface area contributed by atoms with Crippen LogP contribution < -0.4 is 0 Å². The third-order valence-corrected chi connectivity index (χ3v) is 2.86. The predicted octanol–water partition coefficient (Wildman–Crippen LogP) is 1.61. The normalized spacial score (nSPS) is 18.4. The van der Waals surface area contributed by atoms with Gasteiger partial charge in [-0.1, -0.05) is 12.8 Å². The van der Waals surface area contributed by atoms with E-state index >= 15 is 0 Å². The van der Waals surface area contributed by atoms with Gasteiger partial charge in [0.05, 0.1) is 6.10 Å². The Bertz CT molecular complexity index is 291. The summed E-state index contributed by atoms with van der Waals surface area (Å²) in [7, 11) is 0. The number of aryl methyl sites for hydroxylation is 1. The molecule has 0 aromatic carbocycles. The largest absolute Gasteiger partial charge is 0.393 e. The highest BCUT2D eigenvalue weighted by atomic mass is 16.3. The lowest BCUT2D eigenvalue weighted by Crippen LogP contribution is -2.15. The van der Waals surface area contributed by atoms with Crippen LogP contribution in [0.25, 0.3) is 0 Å². The Labute approximate surface area is 84.8 Å². The van der Waals surface area contributed by atoms with Crippen molar-refractivity contribution in [1.82, 2.24) is 9.55 Å². The van der Waals surface area contributed by atoms with Crippen LogP contribution in [0.4, 0.5) is 0 Å². The van der Waals surface area contributed by atoms with Gasteiger partial charge >= 0.3 is 0 Å². The van der Waals surface area contributed by atoms with Crippen molar-refractivity contribution in [2.24, 2.45) is 5.92 Å². The first-order valence-electron chi connectivity index (χ1n) is 5.47. The van der Waals surface area contributed by atoms with Crippen molar-refractivity contribution in [3.05, 3.63) is 18.2 Å². The van der Waals surface area contributed by atoms with Gasteiger partial charge in [-0.15, -0.1) is 0 Å². The van der Waals surface area contributed by atoms with E-state index in [0.717, 1.165) is 24.7 Å². The molecular formula is C11H18N2O. The van der Waals surface area contributed by atoms with Gasteiger partial charge in [0.2, 0.25) is 0 Å². The summed E-state index contributed by atoms with van der Waals surface area (Å²) in [5.74, 6) is 1.80. The van der Waals surface area contributed by atoms with Crippen LogP contribution in [-0.4, -0.2) is 20.8 Å². The van der Waals surface area contributed by atoms with E-state index in [-0.39, 0.29) is 6.10 Å². The first-order chi connectivity index (χ1) is 6.79. The van der Waals surface area contributed by atoms with E-state index in [1.165, 1.54) is 12.8 Å². The molecule has 1 aromatic rings. The molecule has 1 unspecified atom stereocenters. The highest BCUT2D eigenvalue weighted by Crippen LogP contribution is 2.33. The number of aliphatic hydroxyl groups is 1. The molecular weight excluding hydrogens is 176 g/mol. The Balaban J connectivity index is 1.88. The summed E-state index contributed by atoms with van der Waals surface area (Å²) in [6, 6.07) is 0. The SMILES string of the molecule is CCn1ccnc1CC(O)CC1CC1. The van der Waals surface area contributed by atoms with Gasteiger partial charge in [-0.3, -0.25) is 0 Å². The monoisotopic (exact) mass is 194 g/mol. The van der Waals surface area contributed by atoms with Crippen LogP contribution in [0.5, 0.6) is 0 Å². The quantitative estimate of drug-likeness (QED) is 0.773. The van der Waals surface area contributed by atoms with Crippen LogP contribution in [0.2, 0.25) is 0 Å². The van der Waals surface area contributed by atoms with E-state index < -0.39 is 0 Å². The maximum absolute atomic E-state index is 9.80. The van der Waals surface area contributed by atoms with Crippen molar-refractivity contribution >= 4 is 0 Å². The summed E-state index contributed by atoms with van der Waals surface area (Å²) < 4.78 is 2.09. The van der Waals surface area contributed by atoms with E-state index in [2.05, 4.69) is 16.5 Å². The highest BCUT2D eigenvalue weighted by molar-refractivity contribution is 4.94. The molecule has 1 aliphatic rings. The molecule has 1 aromatic heterocycles. The Hall–Kier alpha value is -0.830. The molecule has 0 spiro atoms. The molecule has 2 rings (SSSR count). The number of imidazole rings is 1. The molecule has 0 saturated heterocycles. The van der Waals surface area contributed by atoms with Crippen LogP contribution in [0.15, 0.2) is 12.4 Å². The van der Waals surface area contributed by atoms with Crippen LogP contribution in [0.3, 0.4) is 0 Å². The first kappa shape index (κ1) is 9.71. The molecule has 3 heteroatoms. The number of nitrogens with zero attached hydrogens (tertiary/aromatic N) is 2. The van der Waals surface area contributed by atoms with Gasteiger partial charge in [-0.05, 0) is 19.3 Å². The van der Waals surface area contributed by atoms with Gasteiger partial charge in [-0.25, -0.2) is 4.98 Å². The molecule has 1 saturated carbocycles. The van der Waals surface area contributed by atoms with E-state index in [1.807, 2.05) is 12.4 Å². The van der Waals surface area contributed by atoms with Gasteiger partial charge < -0.3 is 9.67 Å². The molecule has 14 heavy (non-hydrogen) atoms. The minimum Gasteiger partial charge on any atom is -0.393 e. The average molecular weight is 194 g/mol. The Morgan fingerprint density at radius 3 is 3.07 bits per heavy atom. The van der Waals surface area contributed by atoms with Gasteiger partial charge in [0.15, 0.2) is 0 Å². The number of hydrogen-bond donors (Lipinski definition) is 1. The fourth-order valence-electron chi connectivity index (χ4n) is 1.85. The molecule has 0 aliphatic heterocycles. The maximum atomic E-state index is 9.80. The first-order valence-corrected chi connectivity index (χ1v) is 5.47. The van der Waals surface area contributed by atoms with Crippen molar-refractivity contribution in [2.45, 2.75) is 45.3 Å². The Kier molecular flexibility index (Phi) is 2.87. The number of aromatic nitrogens is 2. The van der Waals surface area contributed by atoms with Crippen LogP contribution in [-0.2, 0) is 13.0 Å². The van der Waals surface area contributed by atoms with Crippen molar-refractivity contribution in [3.8, 4) is 0 Å². The maximum Gasteiger partial charge on any atom is 0.111 e. The number of aliphatic hydroxyl groups excluding tert-OH is 1. The van der Waals surface area contributed by atoms with Gasteiger partial charge in [-0.2, -0.15) is 0 Å². The summed E-state index contributed by atoms with van der Waals surface area (Å²) in [5, 5.41) is 9.80. The summed E-state index contributed by atoms with van der Waals surface area (Å²) in [6.45, 7) is 3.03.